The predicted molar refractivity (Wildman–Crippen MR) is 86.9 cm³/mol. The molecule has 122 valence electrons. The van der Waals surface area contributed by atoms with E-state index in [2.05, 4.69) is 11.0 Å². The fourth-order valence-corrected chi connectivity index (χ4v) is 4.20. The van der Waals surface area contributed by atoms with Crippen LogP contribution < -0.4 is 0 Å². The Morgan fingerprint density at radius 3 is 2.64 bits per heavy atom. The van der Waals surface area contributed by atoms with Gasteiger partial charge in [-0.25, -0.2) is 8.42 Å². The van der Waals surface area contributed by atoms with Crippen LogP contribution in [0.3, 0.4) is 0 Å². The number of likely N-dealkylation sites (tertiary alicyclic amines) is 1. The smallest absolute Gasteiger partial charge is 0.175 e. The Hall–Kier alpha value is -0.910. The molecule has 22 heavy (non-hydrogen) atoms. The summed E-state index contributed by atoms with van der Waals surface area (Å²) in [6.45, 7) is 4.12. The zero-order chi connectivity index (χ0) is 15.6. The number of ether oxygens (including phenoxy) is 1. The highest BCUT2D eigenvalue weighted by Crippen LogP contribution is 2.30. The van der Waals surface area contributed by atoms with Crippen molar-refractivity contribution in [1.82, 2.24) is 4.90 Å². The zero-order valence-electron chi connectivity index (χ0n) is 13.2. The molecule has 1 atom stereocenters. The lowest BCUT2D eigenvalue weighted by Gasteiger charge is -2.33. The van der Waals surface area contributed by atoms with E-state index in [1.807, 2.05) is 12.1 Å². The van der Waals surface area contributed by atoms with E-state index >= 15 is 0 Å². The van der Waals surface area contributed by atoms with Crippen molar-refractivity contribution in [2.24, 2.45) is 0 Å². The topological polar surface area (TPSA) is 46.6 Å². The molecule has 2 aliphatic heterocycles. The van der Waals surface area contributed by atoms with Crippen molar-refractivity contribution in [3.63, 3.8) is 0 Å². The van der Waals surface area contributed by atoms with Gasteiger partial charge in [0.15, 0.2) is 9.84 Å². The van der Waals surface area contributed by atoms with Crippen molar-refractivity contribution in [3.8, 4) is 0 Å². The first-order valence-electron chi connectivity index (χ1n) is 8.16. The van der Waals surface area contributed by atoms with E-state index in [0.29, 0.717) is 16.9 Å². The summed E-state index contributed by atoms with van der Waals surface area (Å²) in [5, 5.41) is 0. The molecule has 0 bridgehead atoms. The SMILES string of the molecule is CS(=O)(=O)c1cccc(C2CCN(CC3CCCO3)CC2)c1. The molecule has 0 spiro atoms. The molecule has 0 saturated carbocycles. The highest BCUT2D eigenvalue weighted by Gasteiger charge is 2.25. The third-order valence-electron chi connectivity index (χ3n) is 4.83. The summed E-state index contributed by atoms with van der Waals surface area (Å²) in [4.78, 5) is 2.93. The fourth-order valence-electron chi connectivity index (χ4n) is 3.52. The first-order chi connectivity index (χ1) is 10.5. The normalized spacial score (nSPS) is 24.7. The van der Waals surface area contributed by atoms with Crippen LogP contribution in [0.15, 0.2) is 29.2 Å². The predicted octanol–water partition coefficient (Wildman–Crippen LogP) is 2.45. The fraction of sp³-hybridized carbons (Fsp3) is 0.647. The molecule has 2 aliphatic rings. The standard InChI is InChI=1S/C17H25NO3S/c1-22(19,20)17-6-2-4-15(12-17)14-7-9-18(10-8-14)13-16-5-3-11-21-16/h2,4,6,12,14,16H,3,5,7-11,13H2,1H3. The number of sulfone groups is 1. The highest BCUT2D eigenvalue weighted by molar-refractivity contribution is 7.90. The minimum absolute atomic E-state index is 0.421. The quantitative estimate of drug-likeness (QED) is 0.854. The van der Waals surface area contributed by atoms with Gasteiger partial charge >= 0.3 is 0 Å². The summed E-state index contributed by atoms with van der Waals surface area (Å²) in [7, 11) is -3.12. The van der Waals surface area contributed by atoms with Crippen LogP contribution in [-0.2, 0) is 14.6 Å². The first kappa shape index (κ1) is 16.0. The molecule has 1 aromatic carbocycles. The Kier molecular flexibility index (Phi) is 4.85. The third-order valence-corrected chi connectivity index (χ3v) is 5.94. The monoisotopic (exact) mass is 323 g/mol. The molecular weight excluding hydrogens is 298 g/mol. The Labute approximate surface area is 133 Å². The average Bonchev–Trinajstić information content (AvgIpc) is 3.00. The van der Waals surface area contributed by atoms with Crippen molar-refractivity contribution in [3.05, 3.63) is 29.8 Å². The number of hydrogen-bond donors (Lipinski definition) is 0. The van der Waals surface area contributed by atoms with E-state index < -0.39 is 9.84 Å². The molecular formula is C17H25NO3S. The van der Waals surface area contributed by atoms with Crippen molar-refractivity contribution >= 4 is 9.84 Å². The Morgan fingerprint density at radius 2 is 2.00 bits per heavy atom. The van der Waals surface area contributed by atoms with Gasteiger partial charge in [0.1, 0.15) is 0 Å². The van der Waals surface area contributed by atoms with E-state index in [9.17, 15) is 8.42 Å². The van der Waals surface area contributed by atoms with Crippen LogP contribution in [0.2, 0.25) is 0 Å². The molecule has 0 aromatic heterocycles. The summed E-state index contributed by atoms with van der Waals surface area (Å²) in [6.07, 6.45) is 6.27. The van der Waals surface area contributed by atoms with Crippen LogP contribution in [0.4, 0.5) is 0 Å². The second-order valence-electron chi connectivity index (χ2n) is 6.55. The van der Waals surface area contributed by atoms with Gasteiger partial charge in [-0.05, 0) is 62.4 Å². The maximum absolute atomic E-state index is 11.7. The lowest BCUT2D eigenvalue weighted by Crippen LogP contribution is -2.38. The molecule has 0 amide bonds. The van der Waals surface area contributed by atoms with Crippen molar-refractivity contribution in [1.29, 1.82) is 0 Å². The maximum Gasteiger partial charge on any atom is 0.175 e. The summed E-state index contributed by atoms with van der Waals surface area (Å²) in [5.41, 5.74) is 1.17. The molecule has 2 fully saturated rings. The summed E-state index contributed by atoms with van der Waals surface area (Å²) in [6, 6.07) is 7.47. The van der Waals surface area contributed by atoms with Crippen molar-refractivity contribution in [2.45, 2.75) is 42.6 Å². The Bertz CT molecular complexity index is 600. The molecule has 0 radical (unpaired) electrons. The highest BCUT2D eigenvalue weighted by atomic mass is 32.2. The van der Waals surface area contributed by atoms with Crippen LogP contribution in [-0.4, -0.2) is 51.9 Å². The van der Waals surface area contributed by atoms with Crippen molar-refractivity contribution in [2.75, 3.05) is 32.5 Å². The molecule has 5 heteroatoms. The van der Waals surface area contributed by atoms with Crippen LogP contribution in [0.1, 0.15) is 37.2 Å². The van der Waals surface area contributed by atoms with Crippen LogP contribution in [0, 0.1) is 0 Å². The van der Waals surface area contributed by atoms with Gasteiger partial charge in [0, 0.05) is 19.4 Å². The summed E-state index contributed by atoms with van der Waals surface area (Å²) in [5.74, 6) is 0.474. The van der Waals surface area contributed by atoms with Crippen LogP contribution in [0.25, 0.3) is 0 Å². The average molecular weight is 323 g/mol. The van der Waals surface area contributed by atoms with Gasteiger partial charge in [-0.1, -0.05) is 12.1 Å². The molecule has 2 heterocycles. The molecule has 2 saturated heterocycles. The lowest BCUT2D eigenvalue weighted by molar-refractivity contribution is 0.0643. The van der Waals surface area contributed by atoms with E-state index in [1.54, 1.807) is 6.07 Å². The number of rotatable bonds is 4. The van der Waals surface area contributed by atoms with E-state index in [4.69, 9.17) is 4.74 Å². The van der Waals surface area contributed by atoms with Gasteiger partial charge in [-0.2, -0.15) is 0 Å². The molecule has 0 N–H and O–H groups in total. The van der Waals surface area contributed by atoms with E-state index in [-0.39, 0.29) is 0 Å². The Morgan fingerprint density at radius 1 is 1.23 bits per heavy atom. The lowest BCUT2D eigenvalue weighted by atomic mass is 9.89. The van der Waals surface area contributed by atoms with E-state index in [0.717, 1.165) is 39.1 Å². The van der Waals surface area contributed by atoms with Gasteiger partial charge in [0.25, 0.3) is 0 Å². The molecule has 3 rings (SSSR count). The first-order valence-corrected chi connectivity index (χ1v) is 10.1. The van der Waals surface area contributed by atoms with E-state index in [1.165, 1.54) is 24.7 Å². The molecule has 4 nitrogen and oxygen atoms in total. The van der Waals surface area contributed by atoms with Crippen LogP contribution >= 0.6 is 0 Å². The second kappa shape index (κ2) is 6.69. The van der Waals surface area contributed by atoms with Crippen LogP contribution in [0.5, 0.6) is 0 Å². The van der Waals surface area contributed by atoms with Gasteiger partial charge < -0.3 is 9.64 Å². The second-order valence-corrected chi connectivity index (χ2v) is 8.57. The van der Waals surface area contributed by atoms with Gasteiger partial charge in [-0.3, -0.25) is 0 Å². The van der Waals surface area contributed by atoms with Crippen molar-refractivity contribution < 1.29 is 13.2 Å². The van der Waals surface area contributed by atoms with Gasteiger partial charge in [-0.15, -0.1) is 0 Å². The molecule has 1 unspecified atom stereocenters. The third kappa shape index (κ3) is 3.89. The molecule has 0 aliphatic carbocycles. The largest absolute Gasteiger partial charge is 0.377 e. The van der Waals surface area contributed by atoms with Gasteiger partial charge in [0.05, 0.1) is 11.0 Å². The number of piperidine rings is 1. The number of hydrogen-bond acceptors (Lipinski definition) is 4. The number of benzene rings is 1. The summed E-state index contributed by atoms with van der Waals surface area (Å²) < 4.78 is 29.1. The number of nitrogens with zero attached hydrogens (tertiary/aromatic N) is 1. The van der Waals surface area contributed by atoms with Gasteiger partial charge in [0.2, 0.25) is 0 Å². The Balaban J connectivity index is 1.59. The zero-order valence-corrected chi connectivity index (χ0v) is 14.0. The molecule has 1 aromatic rings. The minimum Gasteiger partial charge on any atom is -0.377 e. The summed E-state index contributed by atoms with van der Waals surface area (Å²) >= 11 is 0. The maximum atomic E-state index is 11.7. The minimum atomic E-state index is -3.12.